The van der Waals surface area contributed by atoms with Crippen LogP contribution in [-0.2, 0) is 17.8 Å². The highest BCUT2D eigenvalue weighted by atomic mass is 16.1. The lowest BCUT2D eigenvalue weighted by atomic mass is 10.1. The summed E-state index contributed by atoms with van der Waals surface area (Å²) in [5.41, 5.74) is 4.20. The highest BCUT2D eigenvalue weighted by molar-refractivity contribution is 5.78. The molecular weight excluding hydrogens is 286 g/mol. The van der Waals surface area contributed by atoms with E-state index in [1.165, 1.54) is 5.56 Å². The first-order valence-corrected chi connectivity index (χ1v) is 7.62. The third-order valence-electron chi connectivity index (χ3n) is 3.63. The fraction of sp³-hybridized carbons (Fsp3) is 0.158. The van der Waals surface area contributed by atoms with Crippen LogP contribution in [-0.4, -0.2) is 15.7 Å². The summed E-state index contributed by atoms with van der Waals surface area (Å²) in [6.07, 6.45) is 3.96. The maximum atomic E-state index is 12.1. The Balaban J connectivity index is 1.56. The first kappa shape index (κ1) is 15.0. The van der Waals surface area contributed by atoms with Crippen molar-refractivity contribution in [3.05, 3.63) is 83.7 Å². The smallest absolute Gasteiger partial charge is 0.224 e. The maximum absolute atomic E-state index is 12.1. The van der Waals surface area contributed by atoms with Crippen molar-refractivity contribution in [1.82, 2.24) is 15.1 Å². The molecule has 4 nitrogen and oxygen atoms in total. The summed E-state index contributed by atoms with van der Waals surface area (Å²) in [4.78, 5) is 12.1. The number of aromatic nitrogens is 2. The number of nitrogens with one attached hydrogen (secondary N) is 1. The number of amides is 1. The van der Waals surface area contributed by atoms with Gasteiger partial charge in [-0.1, -0.05) is 48.0 Å². The molecule has 116 valence electrons. The van der Waals surface area contributed by atoms with E-state index in [2.05, 4.69) is 10.4 Å². The molecule has 0 aliphatic carbocycles. The van der Waals surface area contributed by atoms with Gasteiger partial charge in [-0.25, -0.2) is 4.68 Å². The second kappa shape index (κ2) is 6.92. The van der Waals surface area contributed by atoms with Gasteiger partial charge in [-0.05, 0) is 30.2 Å². The van der Waals surface area contributed by atoms with Gasteiger partial charge in [0.25, 0.3) is 0 Å². The van der Waals surface area contributed by atoms with Crippen molar-refractivity contribution in [2.24, 2.45) is 0 Å². The van der Waals surface area contributed by atoms with Crippen molar-refractivity contribution in [2.75, 3.05) is 0 Å². The second-order valence-corrected chi connectivity index (χ2v) is 5.57. The topological polar surface area (TPSA) is 46.9 Å². The van der Waals surface area contributed by atoms with E-state index in [0.29, 0.717) is 13.0 Å². The Kier molecular flexibility index (Phi) is 4.52. The zero-order chi connectivity index (χ0) is 16.1. The molecule has 4 heteroatoms. The van der Waals surface area contributed by atoms with Gasteiger partial charge in [0.1, 0.15) is 0 Å². The van der Waals surface area contributed by atoms with E-state index in [1.54, 1.807) is 10.9 Å². The molecule has 1 amide bonds. The lowest BCUT2D eigenvalue weighted by Crippen LogP contribution is -2.24. The molecule has 1 heterocycles. The Morgan fingerprint density at radius 1 is 1.04 bits per heavy atom. The van der Waals surface area contributed by atoms with Gasteiger partial charge in [0.2, 0.25) is 5.91 Å². The molecule has 0 radical (unpaired) electrons. The molecule has 0 unspecified atom stereocenters. The summed E-state index contributed by atoms with van der Waals surface area (Å²) >= 11 is 0. The predicted octanol–water partition coefficient (Wildman–Crippen LogP) is 3.04. The maximum Gasteiger partial charge on any atom is 0.224 e. The molecule has 0 aliphatic rings. The molecule has 3 aromatic rings. The number of carbonyl (C=O) groups is 1. The van der Waals surface area contributed by atoms with E-state index in [9.17, 15) is 4.79 Å². The van der Waals surface area contributed by atoms with E-state index in [4.69, 9.17) is 0 Å². The van der Waals surface area contributed by atoms with Gasteiger partial charge < -0.3 is 5.32 Å². The van der Waals surface area contributed by atoms with E-state index in [-0.39, 0.29) is 5.91 Å². The number of hydrogen-bond acceptors (Lipinski definition) is 2. The monoisotopic (exact) mass is 305 g/mol. The van der Waals surface area contributed by atoms with Gasteiger partial charge >= 0.3 is 0 Å². The summed E-state index contributed by atoms with van der Waals surface area (Å²) in [5.74, 6) is -0.00168. The molecule has 1 N–H and O–H groups in total. The van der Waals surface area contributed by atoms with Crippen LogP contribution in [0, 0.1) is 6.92 Å². The number of benzene rings is 2. The van der Waals surface area contributed by atoms with Crippen molar-refractivity contribution in [2.45, 2.75) is 19.9 Å². The molecule has 23 heavy (non-hydrogen) atoms. The van der Waals surface area contributed by atoms with Gasteiger partial charge in [-0.15, -0.1) is 0 Å². The number of para-hydroxylation sites is 1. The number of rotatable bonds is 5. The fourth-order valence-electron chi connectivity index (χ4n) is 2.33. The lowest BCUT2D eigenvalue weighted by Gasteiger charge is -2.05. The van der Waals surface area contributed by atoms with Crippen LogP contribution in [0.2, 0.25) is 0 Å². The number of nitrogens with zero attached hydrogens (tertiary/aromatic N) is 2. The van der Waals surface area contributed by atoms with Crippen molar-refractivity contribution in [3.8, 4) is 5.69 Å². The van der Waals surface area contributed by atoms with Crippen molar-refractivity contribution < 1.29 is 4.79 Å². The van der Waals surface area contributed by atoms with Crippen molar-refractivity contribution in [1.29, 1.82) is 0 Å². The molecule has 0 atom stereocenters. The number of carbonyl (C=O) groups excluding carboxylic acids is 1. The van der Waals surface area contributed by atoms with Crippen LogP contribution in [0.1, 0.15) is 16.7 Å². The zero-order valence-corrected chi connectivity index (χ0v) is 13.1. The number of aryl methyl sites for hydroxylation is 1. The van der Waals surface area contributed by atoms with Crippen LogP contribution >= 0.6 is 0 Å². The van der Waals surface area contributed by atoms with Gasteiger partial charge in [0.05, 0.1) is 18.3 Å². The summed E-state index contributed by atoms with van der Waals surface area (Å²) in [6, 6.07) is 18.0. The Morgan fingerprint density at radius 3 is 2.52 bits per heavy atom. The normalized spacial score (nSPS) is 10.5. The van der Waals surface area contributed by atoms with Gasteiger partial charge in [-0.2, -0.15) is 5.10 Å². The largest absolute Gasteiger partial charge is 0.352 e. The summed E-state index contributed by atoms with van der Waals surface area (Å²) in [5, 5.41) is 7.24. The second-order valence-electron chi connectivity index (χ2n) is 5.57. The summed E-state index contributed by atoms with van der Waals surface area (Å²) in [7, 11) is 0. The molecule has 0 aliphatic heterocycles. The van der Waals surface area contributed by atoms with Crippen molar-refractivity contribution >= 4 is 5.91 Å². The third-order valence-corrected chi connectivity index (χ3v) is 3.63. The average molecular weight is 305 g/mol. The molecule has 0 bridgehead atoms. The first-order valence-electron chi connectivity index (χ1n) is 7.62. The van der Waals surface area contributed by atoms with Crippen molar-refractivity contribution in [3.63, 3.8) is 0 Å². The van der Waals surface area contributed by atoms with Crippen LogP contribution in [0.5, 0.6) is 0 Å². The minimum atomic E-state index is -0.00168. The van der Waals surface area contributed by atoms with E-state index < -0.39 is 0 Å². The Hall–Kier alpha value is -2.88. The van der Waals surface area contributed by atoms with Gasteiger partial charge in [0.15, 0.2) is 0 Å². The highest BCUT2D eigenvalue weighted by Gasteiger charge is 2.06. The van der Waals surface area contributed by atoms with E-state index in [0.717, 1.165) is 16.8 Å². The summed E-state index contributed by atoms with van der Waals surface area (Å²) < 4.78 is 1.78. The summed E-state index contributed by atoms with van der Waals surface area (Å²) in [6.45, 7) is 2.60. The molecule has 0 fully saturated rings. The molecule has 0 saturated carbocycles. The molecule has 2 aromatic carbocycles. The molecule has 0 spiro atoms. The molecule has 1 aromatic heterocycles. The van der Waals surface area contributed by atoms with Crippen LogP contribution < -0.4 is 5.32 Å². The zero-order valence-electron chi connectivity index (χ0n) is 13.1. The minimum Gasteiger partial charge on any atom is -0.352 e. The van der Waals surface area contributed by atoms with Crippen LogP contribution in [0.25, 0.3) is 5.69 Å². The molecule has 0 saturated heterocycles. The highest BCUT2D eigenvalue weighted by Crippen LogP contribution is 2.08. The first-order chi connectivity index (χ1) is 11.2. The number of hydrogen-bond donors (Lipinski definition) is 1. The minimum absolute atomic E-state index is 0.00168. The van der Waals surface area contributed by atoms with Crippen LogP contribution in [0.3, 0.4) is 0 Å². The standard InChI is InChI=1S/C19H19N3O/c1-15-7-9-16(10-8-15)12-20-19(23)11-17-13-21-22(14-17)18-5-3-2-4-6-18/h2-10,13-14H,11-12H2,1H3,(H,20,23). The third kappa shape index (κ3) is 4.07. The molecular formula is C19H19N3O. The fourth-order valence-corrected chi connectivity index (χ4v) is 2.33. The lowest BCUT2D eigenvalue weighted by molar-refractivity contribution is -0.120. The van der Waals surface area contributed by atoms with E-state index in [1.807, 2.05) is 67.7 Å². The average Bonchev–Trinajstić information content (AvgIpc) is 3.04. The predicted molar refractivity (Wildman–Crippen MR) is 90.3 cm³/mol. The van der Waals surface area contributed by atoms with E-state index >= 15 is 0 Å². The van der Waals surface area contributed by atoms with Gasteiger partial charge in [0, 0.05) is 12.7 Å². The van der Waals surface area contributed by atoms with Gasteiger partial charge in [-0.3, -0.25) is 4.79 Å². The quantitative estimate of drug-likeness (QED) is 0.787. The SMILES string of the molecule is Cc1ccc(CNC(=O)Cc2cnn(-c3ccccc3)c2)cc1. The Morgan fingerprint density at radius 2 is 1.78 bits per heavy atom. The van der Waals surface area contributed by atoms with Crippen LogP contribution in [0.15, 0.2) is 67.0 Å². The Bertz CT molecular complexity index is 776. The Labute approximate surface area is 135 Å². The molecule has 3 rings (SSSR count). The van der Waals surface area contributed by atoms with Crippen LogP contribution in [0.4, 0.5) is 0 Å².